The Bertz CT molecular complexity index is 1170. The number of anilines is 1. The highest BCUT2D eigenvalue weighted by molar-refractivity contribution is 5.85. The van der Waals surface area contributed by atoms with Crippen LogP contribution in [0.2, 0.25) is 0 Å². The maximum atomic E-state index is 13.0. The van der Waals surface area contributed by atoms with Crippen molar-refractivity contribution < 1.29 is 17.7 Å². The number of imidazole rings is 1. The van der Waals surface area contributed by atoms with Gasteiger partial charge in [-0.2, -0.15) is 13.2 Å². The monoisotopic (exact) mass is 465 g/mol. The van der Waals surface area contributed by atoms with Gasteiger partial charge in [0.2, 0.25) is 11.6 Å². The first-order valence-electron chi connectivity index (χ1n) is 11.4. The molecule has 0 radical (unpaired) electrons. The van der Waals surface area contributed by atoms with E-state index in [0.29, 0.717) is 42.3 Å². The highest BCUT2D eigenvalue weighted by Crippen LogP contribution is 2.40. The molecule has 0 aromatic carbocycles. The van der Waals surface area contributed by atoms with E-state index in [0.717, 1.165) is 12.8 Å². The summed E-state index contributed by atoms with van der Waals surface area (Å²) in [6.45, 7) is 2.66. The fourth-order valence-electron chi connectivity index (χ4n) is 4.87. The number of alkyl halides is 3. The smallest absolute Gasteiger partial charge is 0.365 e. The van der Waals surface area contributed by atoms with Crippen molar-refractivity contribution in [3.8, 4) is 11.6 Å². The quantitative estimate of drug-likeness (QED) is 0.562. The number of aromatic nitrogens is 6. The minimum Gasteiger partial charge on any atom is -0.365 e. The molecule has 0 amide bonds. The second kappa shape index (κ2) is 8.45. The summed E-state index contributed by atoms with van der Waals surface area (Å²) in [4.78, 5) is 27.3. The Hall–Kier alpha value is -2.92. The van der Waals surface area contributed by atoms with Gasteiger partial charge in [-0.25, -0.2) is 19.7 Å². The lowest BCUT2D eigenvalue weighted by Gasteiger charge is -2.32. The Balaban J connectivity index is 1.44. The number of H-pyrrole nitrogens is 1. The average Bonchev–Trinajstić information content (AvgIpc) is 3.33. The number of nitrogens with one attached hydrogen (secondary N) is 2. The van der Waals surface area contributed by atoms with Gasteiger partial charge in [-0.15, -0.1) is 0 Å². The molecule has 0 saturated heterocycles. The first kappa shape index (κ1) is 21.9. The number of nitrogens with zero attached hydrogens (tertiary/aromatic N) is 5. The summed E-state index contributed by atoms with van der Waals surface area (Å²) in [5.41, 5.74) is 1.13. The van der Waals surface area contributed by atoms with Crippen LogP contribution in [0.15, 0.2) is 15.6 Å². The van der Waals surface area contributed by atoms with E-state index in [4.69, 9.17) is 0 Å². The maximum Gasteiger partial charge on any atom is 0.439 e. The summed E-state index contributed by atoms with van der Waals surface area (Å²) in [6.07, 6.45) is 2.39. The zero-order valence-corrected chi connectivity index (χ0v) is 18.2. The number of rotatable bonds is 6. The van der Waals surface area contributed by atoms with E-state index >= 15 is 0 Å². The third-order valence-electron chi connectivity index (χ3n) is 7.11. The standard InChI is InChI=1S/C21H26F3N7O2/c1-11(13-3-2-4-13)26-17-15-16(27-18(28-17)19-29-20(32)33-30-19)25-10-31(15)9-12-5-7-14(8-6-12)21(22,23)24/h10-14H,2-9H2,1H3,(H,26,27,28)(H,29,30,32)/t11-,12-,14-/m1/s1. The van der Waals surface area contributed by atoms with E-state index in [9.17, 15) is 18.0 Å². The van der Waals surface area contributed by atoms with E-state index in [1.165, 1.54) is 6.42 Å². The maximum absolute atomic E-state index is 13.0. The molecule has 12 heteroatoms. The number of fused-ring (bicyclic) bond motifs is 1. The van der Waals surface area contributed by atoms with Crippen molar-refractivity contribution in [3.63, 3.8) is 0 Å². The van der Waals surface area contributed by atoms with Crippen LogP contribution in [0, 0.1) is 17.8 Å². The molecular formula is C21H26F3N7O2. The molecule has 178 valence electrons. The molecule has 0 spiro atoms. The summed E-state index contributed by atoms with van der Waals surface area (Å²) in [5, 5.41) is 7.16. The van der Waals surface area contributed by atoms with E-state index in [2.05, 4.69) is 41.9 Å². The lowest BCUT2D eigenvalue weighted by molar-refractivity contribution is -0.184. The highest BCUT2D eigenvalue weighted by atomic mass is 19.4. The van der Waals surface area contributed by atoms with Crippen LogP contribution < -0.4 is 11.1 Å². The first-order valence-corrected chi connectivity index (χ1v) is 11.4. The minimum absolute atomic E-state index is 0.112. The van der Waals surface area contributed by atoms with Gasteiger partial charge in [-0.3, -0.25) is 9.51 Å². The van der Waals surface area contributed by atoms with Gasteiger partial charge in [0.25, 0.3) is 0 Å². The molecule has 2 N–H and O–H groups in total. The van der Waals surface area contributed by atoms with Crippen molar-refractivity contribution in [2.24, 2.45) is 17.8 Å². The third-order valence-corrected chi connectivity index (χ3v) is 7.11. The Morgan fingerprint density at radius 1 is 1.21 bits per heavy atom. The summed E-state index contributed by atoms with van der Waals surface area (Å²) in [5.74, 6) is -0.368. The van der Waals surface area contributed by atoms with Gasteiger partial charge in [-0.05, 0) is 57.3 Å². The zero-order valence-electron chi connectivity index (χ0n) is 18.2. The predicted molar refractivity (Wildman–Crippen MR) is 113 cm³/mol. The van der Waals surface area contributed by atoms with Crippen LogP contribution in [0.3, 0.4) is 0 Å². The minimum atomic E-state index is -4.12. The normalized spacial score (nSPS) is 22.9. The largest absolute Gasteiger partial charge is 0.439 e. The molecular weight excluding hydrogens is 439 g/mol. The molecule has 2 aliphatic carbocycles. The SMILES string of the molecule is C[C@@H](Nc1nc(-c2noc(=O)[nH]2)nc2ncn(C[C@H]3CC[C@H](C(F)(F)F)CC3)c12)C1CCC1. The summed E-state index contributed by atoms with van der Waals surface area (Å²) in [7, 11) is 0. The molecule has 5 rings (SSSR count). The second-order valence-electron chi connectivity index (χ2n) is 9.29. The van der Waals surface area contributed by atoms with Gasteiger partial charge in [0.1, 0.15) is 5.52 Å². The van der Waals surface area contributed by atoms with Gasteiger partial charge in [0.15, 0.2) is 11.5 Å². The van der Waals surface area contributed by atoms with Crippen LogP contribution >= 0.6 is 0 Å². The van der Waals surface area contributed by atoms with Crippen molar-refractivity contribution in [1.82, 2.24) is 29.7 Å². The molecule has 0 bridgehead atoms. The van der Waals surface area contributed by atoms with Crippen LogP contribution in [-0.2, 0) is 6.54 Å². The first-order chi connectivity index (χ1) is 15.8. The Kier molecular flexibility index (Phi) is 5.61. The van der Waals surface area contributed by atoms with E-state index < -0.39 is 17.9 Å². The van der Waals surface area contributed by atoms with Gasteiger partial charge in [-0.1, -0.05) is 11.6 Å². The van der Waals surface area contributed by atoms with Crippen LogP contribution in [0.1, 0.15) is 51.9 Å². The van der Waals surface area contributed by atoms with Gasteiger partial charge < -0.3 is 9.88 Å². The molecule has 0 aliphatic heterocycles. The number of hydrogen-bond donors (Lipinski definition) is 2. The topological polar surface area (TPSA) is 115 Å². The van der Waals surface area contributed by atoms with Gasteiger partial charge in [0.05, 0.1) is 12.2 Å². The molecule has 2 saturated carbocycles. The number of halogens is 3. The molecule has 3 heterocycles. The summed E-state index contributed by atoms with van der Waals surface area (Å²) in [6, 6.07) is 0.173. The summed E-state index contributed by atoms with van der Waals surface area (Å²) < 4.78 is 45.6. The van der Waals surface area contributed by atoms with Crippen molar-refractivity contribution in [3.05, 3.63) is 16.9 Å². The second-order valence-corrected chi connectivity index (χ2v) is 9.29. The number of hydrogen-bond acceptors (Lipinski definition) is 7. The fraction of sp³-hybridized carbons (Fsp3) is 0.667. The molecule has 2 fully saturated rings. The lowest BCUT2D eigenvalue weighted by atomic mass is 9.80. The molecule has 3 aromatic heterocycles. The number of aromatic amines is 1. The summed E-state index contributed by atoms with van der Waals surface area (Å²) >= 11 is 0. The van der Waals surface area contributed by atoms with Crippen LogP contribution in [0.4, 0.5) is 19.0 Å². The molecule has 3 aromatic rings. The van der Waals surface area contributed by atoms with E-state index in [-0.39, 0.29) is 36.5 Å². The Labute approximate surface area is 187 Å². The van der Waals surface area contributed by atoms with Crippen LogP contribution in [0.5, 0.6) is 0 Å². The fourth-order valence-corrected chi connectivity index (χ4v) is 4.87. The molecule has 2 aliphatic rings. The average molecular weight is 465 g/mol. The third kappa shape index (κ3) is 4.47. The van der Waals surface area contributed by atoms with Crippen molar-refractivity contribution >= 4 is 17.0 Å². The zero-order chi connectivity index (χ0) is 23.2. The van der Waals surface area contributed by atoms with Crippen molar-refractivity contribution in [1.29, 1.82) is 0 Å². The highest BCUT2D eigenvalue weighted by Gasteiger charge is 2.41. The van der Waals surface area contributed by atoms with Crippen molar-refractivity contribution in [2.75, 3.05) is 5.32 Å². The lowest BCUT2D eigenvalue weighted by Crippen LogP contribution is -2.31. The molecule has 1 atom stereocenters. The Morgan fingerprint density at radius 3 is 2.58 bits per heavy atom. The molecule has 0 unspecified atom stereocenters. The van der Waals surface area contributed by atoms with Crippen LogP contribution in [0.25, 0.3) is 22.8 Å². The molecule has 33 heavy (non-hydrogen) atoms. The predicted octanol–water partition coefficient (Wildman–Crippen LogP) is 4.14. The Morgan fingerprint density at radius 2 is 1.97 bits per heavy atom. The van der Waals surface area contributed by atoms with Crippen molar-refractivity contribution in [2.45, 2.75) is 70.6 Å². The van der Waals surface area contributed by atoms with Gasteiger partial charge >= 0.3 is 11.9 Å². The van der Waals surface area contributed by atoms with E-state index in [1.54, 1.807) is 6.33 Å². The van der Waals surface area contributed by atoms with E-state index in [1.807, 2.05) is 4.57 Å². The molecule has 9 nitrogen and oxygen atoms in total. The van der Waals surface area contributed by atoms with Crippen LogP contribution in [-0.4, -0.2) is 41.9 Å². The van der Waals surface area contributed by atoms with Gasteiger partial charge in [0, 0.05) is 12.6 Å².